The zero-order chi connectivity index (χ0) is 17.6. The molecule has 0 saturated heterocycles. The molecule has 0 aliphatic rings. The molecular weight excluding hydrogens is 318 g/mol. The number of aryl methyl sites for hydroxylation is 1. The summed E-state index contributed by atoms with van der Waals surface area (Å²) in [6.45, 7) is 3.58. The lowest BCUT2D eigenvalue weighted by Gasteiger charge is -2.14. The fourth-order valence-corrected chi connectivity index (χ4v) is 2.55. The number of carbonyl (C=O) groups is 1. The number of nitrogens with one attached hydrogen (secondary N) is 1. The Labute approximate surface area is 136 Å². The number of nitrogens with zero attached hydrogens (tertiary/aromatic N) is 2. The van der Waals surface area contributed by atoms with Crippen LogP contribution in [0.25, 0.3) is 0 Å². The van der Waals surface area contributed by atoms with Crippen molar-refractivity contribution in [2.24, 2.45) is 0 Å². The first kappa shape index (κ1) is 18.7. The molecule has 0 aliphatic heterocycles. The second kappa shape index (κ2) is 7.76. The zero-order valence-electron chi connectivity index (χ0n) is 13.5. The van der Waals surface area contributed by atoms with E-state index in [2.05, 4.69) is 5.32 Å². The maximum Gasteiger partial charge on any atom is 0.350 e. The van der Waals surface area contributed by atoms with Crippen LogP contribution in [0.3, 0.4) is 0 Å². The molecule has 124 valence electrons. The Hall–Kier alpha value is -2.37. The van der Waals surface area contributed by atoms with E-state index < -0.39 is 16.0 Å². The van der Waals surface area contributed by atoms with E-state index in [0.717, 1.165) is 9.87 Å². The number of nitriles is 1. The first-order valence-electron chi connectivity index (χ1n) is 6.81. The minimum Gasteiger partial charge on any atom is -0.462 e. The summed E-state index contributed by atoms with van der Waals surface area (Å²) in [5, 5.41) is 11.8. The largest absolute Gasteiger partial charge is 0.462 e. The maximum absolute atomic E-state index is 12.1. The van der Waals surface area contributed by atoms with Crippen LogP contribution in [-0.4, -0.2) is 39.4 Å². The number of ether oxygens (including phenoxy) is 1. The van der Waals surface area contributed by atoms with Crippen LogP contribution in [0.1, 0.15) is 12.5 Å². The average Bonchev–Trinajstić information content (AvgIpc) is 2.49. The summed E-state index contributed by atoms with van der Waals surface area (Å²) in [4.78, 5) is 11.7. The molecule has 0 unspecified atom stereocenters. The van der Waals surface area contributed by atoms with Gasteiger partial charge in [0.1, 0.15) is 6.07 Å². The third-order valence-corrected chi connectivity index (χ3v) is 4.79. The predicted molar refractivity (Wildman–Crippen MR) is 86.0 cm³/mol. The van der Waals surface area contributed by atoms with E-state index in [4.69, 9.17) is 10.00 Å². The Morgan fingerprint density at radius 2 is 2.09 bits per heavy atom. The van der Waals surface area contributed by atoms with Crippen molar-refractivity contribution >= 4 is 21.7 Å². The molecule has 0 saturated carbocycles. The third kappa shape index (κ3) is 4.55. The van der Waals surface area contributed by atoms with Crippen LogP contribution in [0, 0.1) is 18.3 Å². The molecule has 0 spiro atoms. The normalized spacial score (nSPS) is 11.9. The summed E-state index contributed by atoms with van der Waals surface area (Å²) in [6, 6.07) is 6.32. The van der Waals surface area contributed by atoms with Gasteiger partial charge in [0, 0.05) is 26.0 Å². The molecule has 8 heteroatoms. The molecule has 1 N–H and O–H groups in total. The van der Waals surface area contributed by atoms with E-state index >= 15 is 0 Å². The van der Waals surface area contributed by atoms with Crippen LogP contribution in [0.5, 0.6) is 0 Å². The van der Waals surface area contributed by atoms with E-state index in [1.807, 2.05) is 0 Å². The maximum atomic E-state index is 12.1. The fraction of sp³-hybridized carbons (Fsp3) is 0.333. The smallest absolute Gasteiger partial charge is 0.350 e. The Balaban J connectivity index is 3.15. The molecule has 0 aromatic heterocycles. The van der Waals surface area contributed by atoms with Crippen LogP contribution in [0.15, 0.2) is 34.9 Å². The van der Waals surface area contributed by atoms with Crippen LogP contribution in [0.2, 0.25) is 0 Å². The summed E-state index contributed by atoms with van der Waals surface area (Å²) in [5.41, 5.74) is 1.04. The molecule has 1 rings (SSSR count). The van der Waals surface area contributed by atoms with Crippen LogP contribution >= 0.6 is 0 Å². The predicted octanol–water partition coefficient (Wildman–Crippen LogP) is 1.63. The van der Waals surface area contributed by atoms with Crippen molar-refractivity contribution in [1.82, 2.24) is 4.31 Å². The highest BCUT2D eigenvalue weighted by atomic mass is 32.2. The van der Waals surface area contributed by atoms with Crippen molar-refractivity contribution in [3.63, 3.8) is 0 Å². The number of sulfonamides is 1. The lowest BCUT2D eigenvalue weighted by atomic mass is 10.2. The molecule has 0 radical (unpaired) electrons. The van der Waals surface area contributed by atoms with Gasteiger partial charge in [0.25, 0.3) is 0 Å². The topological polar surface area (TPSA) is 99.5 Å². The molecule has 1 aromatic rings. The summed E-state index contributed by atoms with van der Waals surface area (Å²) >= 11 is 0. The van der Waals surface area contributed by atoms with Gasteiger partial charge in [-0.3, -0.25) is 0 Å². The third-order valence-electron chi connectivity index (χ3n) is 2.98. The first-order valence-corrected chi connectivity index (χ1v) is 8.25. The molecule has 7 nitrogen and oxygen atoms in total. The number of carbonyl (C=O) groups excluding carboxylic acids is 1. The molecule has 0 bridgehead atoms. The van der Waals surface area contributed by atoms with Gasteiger partial charge in [-0.05, 0) is 31.5 Å². The zero-order valence-corrected chi connectivity index (χ0v) is 14.3. The summed E-state index contributed by atoms with van der Waals surface area (Å²) in [5.74, 6) is -0.739. The van der Waals surface area contributed by atoms with E-state index in [0.29, 0.717) is 5.69 Å². The minimum atomic E-state index is -3.57. The Morgan fingerprint density at radius 3 is 2.61 bits per heavy atom. The van der Waals surface area contributed by atoms with Gasteiger partial charge in [-0.2, -0.15) is 5.26 Å². The molecule has 0 heterocycles. The first-order chi connectivity index (χ1) is 10.7. The molecule has 0 aliphatic carbocycles. The van der Waals surface area contributed by atoms with Crippen molar-refractivity contribution in [3.8, 4) is 6.07 Å². The van der Waals surface area contributed by atoms with Gasteiger partial charge in [-0.15, -0.1) is 0 Å². The second-order valence-corrected chi connectivity index (χ2v) is 6.95. The Morgan fingerprint density at radius 1 is 1.43 bits per heavy atom. The van der Waals surface area contributed by atoms with Gasteiger partial charge in [-0.1, -0.05) is 6.07 Å². The van der Waals surface area contributed by atoms with Crippen LogP contribution < -0.4 is 5.32 Å². The monoisotopic (exact) mass is 337 g/mol. The molecular formula is C15H19N3O4S. The number of hydrogen-bond acceptors (Lipinski definition) is 6. The molecule has 23 heavy (non-hydrogen) atoms. The second-order valence-electron chi connectivity index (χ2n) is 4.80. The number of esters is 1. The highest BCUT2D eigenvalue weighted by molar-refractivity contribution is 7.89. The lowest BCUT2D eigenvalue weighted by Crippen LogP contribution is -2.22. The highest BCUT2D eigenvalue weighted by Crippen LogP contribution is 2.22. The van der Waals surface area contributed by atoms with Gasteiger partial charge in [0.15, 0.2) is 5.57 Å². The molecule has 0 atom stereocenters. The molecule has 0 fully saturated rings. The van der Waals surface area contributed by atoms with E-state index in [1.54, 1.807) is 26.0 Å². The number of hydrogen-bond donors (Lipinski definition) is 1. The number of anilines is 1. The van der Waals surface area contributed by atoms with Gasteiger partial charge >= 0.3 is 5.97 Å². The quantitative estimate of drug-likeness (QED) is 0.481. The van der Waals surface area contributed by atoms with E-state index in [-0.39, 0.29) is 17.1 Å². The van der Waals surface area contributed by atoms with E-state index in [1.165, 1.54) is 32.4 Å². The van der Waals surface area contributed by atoms with Gasteiger partial charge in [0.05, 0.1) is 11.5 Å². The lowest BCUT2D eigenvalue weighted by molar-refractivity contribution is -0.138. The standard InChI is InChI=1S/C15H19N3O4S/c1-5-22-15(19)12(9-16)10-17-14-8-13(7-6-11(14)2)23(20,21)18(3)4/h6-8,10,17H,5H2,1-4H3/b12-10+. The SMILES string of the molecule is CCOC(=O)/C(C#N)=C/Nc1cc(S(=O)(=O)N(C)C)ccc1C. The van der Waals surface area contributed by atoms with Crippen molar-refractivity contribution in [2.75, 3.05) is 26.0 Å². The Kier molecular flexibility index (Phi) is 6.30. The summed E-state index contributed by atoms with van der Waals surface area (Å²) in [6.07, 6.45) is 1.20. The van der Waals surface area contributed by atoms with Crippen molar-refractivity contribution in [1.29, 1.82) is 5.26 Å². The summed E-state index contributed by atoms with van der Waals surface area (Å²) < 4.78 is 30.1. The Bertz CT molecular complexity index is 761. The van der Waals surface area contributed by atoms with Gasteiger partial charge < -0.3 is 10.1 Å². The minimum absolute atomic E-state index is 0.110. The average molecular weight is 337 g/mol. The molecule has 1 aromatic carbocycles. The van der Waals surface area contributed by atoms with Gasteiger partial charge in [-0.25, -0.2) is 17.5 Å². The van der Waals surface area contributed by atoms with E-state index in [9.17, 15) is 13.2 Å². The number of rotatable bonds is 6. The van der Waals surface area contributed by atoms with Gasteiger partial charge in [0.2, 0.25) is 10.0 Å². The van der Waals surface area contributed by atoms with Crippen LogP contribution in [0.4, 0.5) is 5.69 Å². The van der Waals surface area contributed by atoms with Crippen LogP contribution in [-0.2, 0) is 19.6 Å². The van der Waals surface area contributed by atoms with Crippen molar-refractivity contribution in [2.45, 2.75) is 18.7 Å². The van der Waals surface area contributed by atoms with Crippen molar-refractivity contribution < 1.29 is 17.9 Å². The fourth-order valence-electron chi connectivity index (χ4n) is 1.62. The summed E-state index contributed by atoms with van der Waals surface area (Å²) in [7, 11) is -0.687. The number of benzene rings is 1. The molecule has 0 amide bonds. The van der Waals surface area contributed by atoms with Crippen molar-refractivity contribution in [3.05, 3.63) is 35.5 Å². The highest BCUT2D eigenvalue weighted by Gasteiger charge is 2.18.